The number of benzene rings is 1. The summed E-state index contributed by atoms with van der Waals surface area (Å²) in [5.41, 5.74) is 8.99. The van der Waals surface area contributed by atoms with Crippen molar-refractivity contribution in [2.24, 2.45) is 0 Å². The van der Waals surface area contributed by atoms with Crippen LogP contribution in [0.1, 0.15) is 6.42 Å². The van der Waals surface area contributed by atoms with E-state index in [0.29, 0.717) is 77.2 Å². The molecule has 0 atom stereocenters. The molecule has 10 nitrogen and oxygen atoms in total. The number of nitrogens with two attached hydrogens (primary N) is 1. The van der Waals surface area contributed by atoms with Gasteiger partial charge in [-0.2, -0.15) is 9.97 Å². The summed E-state index contributed by atoms with van der Waals surface area (Å²) in [6, 6.07) is 5.55. The molecule has 11 heteroatoms. The molecule has 0 radical (unpaired) electrons. The lowest BCUT2D eigenvalue weighted by Crippen LogP contribution is -2.50. The minimum Gasteiger partial charge on any atom is -0.493 e. The Hall–Kier alpha value is -4.12. The fourth-order valence-corrected chi connectivity index (χ4v) is 4.54. The van der Waals surface area contributed by atoms with Gasteiger partial charge in [0.15, 0.2) is 28.5 Å². The van der Waals surface area contributed by atoms with Gasteiger partial charge in [-0.1, -0.05) is 24.4 Å². The summed E-state index contributed by atoms with van der Waals surface area (Å²) >= 11 is 5.38. The van der Waals surface area contributed by atoms with E-state index in [2.05, 4.69) is 19.9 Å². The van der Waals surface area contributed by atoms with Crippen LogP contribution in [0.4, 0.5) is 11.8 Å². The monoisotopic (exact) mass is 503 g/mol. The first-order chi connectivity index (χ1) is 17.5. The Labute approximate surface area is 213 Å². The molecule has 1 aromatic carbocycles. The number of anilines is 2. The van der Waals surface area contributed by atoms with Crippen LogP contribution in [-0.4, -0.2) is 76.0 Å². The Bertz CT molecular complexity index is 1410. The second-order valence-corrected chi connectivity index (χ2v) is 8.81. The Morgan fingerprint density at radius 1 is 1.06 bits per heavy atom. The SMILES string of the molecule is COc1ccc(-c2cnc3nc(N)nc(N4CCN(C(=O)C5=CC=CCC5=S)CC4)c3n2)cc1OC. The number of allylic oxidation sites excluding steroid dienone is 3. The summed E-state index contributed by atoms with van der Waals surface area (Å²) in [5.74, 6) is 1.89. The van der Waals surface area contributed by atoms with Crippen LogP contribution in [0.5, 0.6) is 11.5 Å². The van der Waals surface area contributed by atoms with Crippen molar-refractivity contribution in [3.8, 4) is 22.8 Å². The minimum absolute atomic E-state index is 0.0356. The van der Waals surface area contributed by atoms with E-state index in [1.54, 1.807) is 26.5 Å². The summed E-state index contributed by atoms with van der Waals surface area (Å²) in [6.07, 6.45) is 7.90. The molecule has 2 aliphatic rings. The summed E-state index contributed by atoms with van der Waals surface area (Å²) in [7, 11) is 3.17. The number of carbonyl (C=O) groups excluding carboxylic acids is 1. The van der Waals surface area contributed by atoms with E-state index in [4.69, 9.17) is 32.4 Å². The number of thiocarbonyl (C=S) groups is 1. The predicted octanol–water partition coefficient (Wildman–Crippen LogP) is 2.59. The lowest BCUT2D eigenvalue weighted by molar-refractivity contribution is -0.126. The summed E-state index contributed by atoms with van der Waals surface area (Å²) in [4.78, 5) is 35.7. The number of fused-ring (bicyclic) bond motifs is 1. The normalized spacial score (nSPS) is 15.7. The van der Waals surface area contributed by atoms with Crippen LogP contribution in [0.2, 0.25) is 0 Å². The van der Waals surface area contributed by atoms with Crippen LogP contribution in [-0.2, 0) is 4.79 Å². The maximum Gasteiger partial charge on any atom is 0.255 e. The zero-order chi connectivity index (χ0) is 25.2. The number of hydrogen-bond donors (Lipinski definition) is 1. The third kappa shape index (κ3) is 4.44. The third-order valence-electron chi connectivity index (χ3n) is 6.18. The quantitative estimate of drug-likeness (QED) is 0.520. The van der Waals surface area contributed by atoms with Gasteiger partial charge in [-0.15, -0.1) is 0 Å². The number of rotatable bonds is 5. The van der Waals surface area contributed by atoms with E-state index in [-0.39, 0.29) is 11.9 Å². The van der Waals surface area contributed by atoms with Crippen molar-refractivity contribution in [1.82, 2.24) is 24.8 Å². The second-order valence-electron chi connectivity index (χ2n) is 8.32. The van der Waals surface area contributed by atoms with Gasteiger partial charge >= 0.3 is 0 Å². The first-order valence-corrected chi connectivity index (χ1v) is 11.9. The number of nitrogens with zero attached hydrogens (tertiary/aromatic N) is 6. The van der Waals surface area contributed by atoms with E-state index in [9.17, 15) is 4.79 Å². The molecule has 5 rings (SSSR count). The number of carbonyl (C=O) groups is 1. The fraction of sp³-hybridized carbons (Fsp3) is 0.280. The molecule has 1 aliphatic heterocycles. The van der Waals surface area contributed by atoms with Crippen molar-refractivity contribution in [2.45, 2.75) is 6.42 Å². The summed E-state index contributed by atoms with van der Waals surface area (Å²) in [6.45, 7) is 2.18. The molecule has 1 aliphatic carbocycles. The van der Waals surface area contributed by atoms with Crippen molar-refractivity contribution in [2.75, 3.05) is 51.0 Å². The summed E-state index contributed by atoms with van der Waals surface area (Å²) < 4.78 is 10.8. The molecule has 0 saturated carbocycles. The molecule has 1 fully saturated rings. The first kappa shape index (κ1) is 23.6. The van der Waals surface area contributed by atoms with Gasteiger partial charge in [0, 0.05) is 43.0 Å². The van der Waals surface area contributed by atoms with Crippen LogP contribution in [0.15, 0.2) is 48.2 Å². The minimum atomic E-state index is -0.0356. The van der Waals surface area contributed by atoms with Crippen LogP contribution in [0.25, 0.3) is 22.4 Å². The smallest absolute Gasteiger partial charge is 0.255 e. The predicted molar refractivity (Wildman–Crippen MR) is 141 cm³/mol. The number of amides is 1. The highest BCUT2D eigenvalue weighted by Crippen LogP contribution is 2.33. The van der Waals surface area contributed by atoms with Crippen LogP contribution >= 0.6 is 12.2 Å². The van der Waals surface area contributed by atoms with E-state index >= 15 is 0 Å². The van der Waals surface area contributed by atoms with Crippen molar-refractivity contribution in [1.29, 1.82) is 0 Å². The Kier molecular flexibility index (Phi) is 6.47. The van der Waals surface area contributed by atoms with E-state index < -0.39 is 0 Å². The largest absolute Gasteiger partial charge is 0.493 e. The van der Waals surface area contributed by atoms with Gasteiger partial charge < -0.3 is 25.0 Å². The number of methoxy groups -OCH3 is 2. The topological polar surface area (TPSA) is 120 Å². The molecule has 3 aromatic rings. The average molecular weight is 504 g/mol. The number of hydrogen-bond acceptors (Lipinski definition) is 10. The van der Waals surface area contributed by atoms with Gasteiger partial charge in [0.2, 0.25) is 5.95 Å². The van der Waals surface area contributed by atoms with E-state index in [1.807, 2.05) is 35.3 Å². The highest BCUT2D eigenvalue weighted by atomic mass is 32.1. The fourth-order valence-electron chi connectivity index (χ4n) is 4.29. The molecule has 0 bridgehead atoms. The molecule has 2 aromatic heterocycles. The lowest BCUT2D eigenvalue weighted by atomic mass is 10.0. The van der Waals surface area contributed by atoms with Crippen molar-refractivity contribution < 1.29 is 14.3 Å². The van der Waals surface area contributed by atoms with Gasteiger partial charge in [0.25, 0.3) is 5.91 Å². The molecular formula is C25H25N7O3S. The van der Waals surface area contributed by atoms with E-state index in [0.717, 1.165) is 5.56 Å². The van der Waals surface area contributed by atoms with Gasteiger partial charge in [0.1, 0.15) is 0 Å². The molecule has 36 heavy (non-hydrogen) atoms. The molecule has 0 spiro atoms. The van der Waals surface area contributed by atoms with Crippen molar-refractivity contribution in [3.05, 3.63) is 48.2 Å². The average Bonchev–Trinajstić information content (AvgIpc) is 2.92. The van der Waals surface area contributed by atoms with Gasteiger partial charge in [-0.3, -0.25) is 4.79 Å². The number of nitrogen functional groups attached to an aromatic ring is 1. The third-order valence-corrected chi connectivity index (χ3v) is 6.57. The van der Waals surface area contributed by atoms with Crippen molar-refractivity contribution in [3.63, 3.8) is 0 Å². The van der Waals surface area contributed by atoms with Gasteiger partial charge in [0.05, 0.1) is 31.7 Å². The number of ether oxygens (including phenoxy) is 2. The molecule has 1 amide bonds. The molecular weight excluding hydrogens is 478 g/mol. The van der Waals surface area contributed by atoms with Crippen molar-refractivity contribution >= 4 is 45.9 Å². The Morgan fingerprint density at radius 2 is 1.83 bits per heavy atom. The summed E-state index contributed by atoms with van der Waals surface area (Å²) in [5, 5.41) is 0. The molecule has 2 N–H and O–H groups in total. The number of aromatic nitrogens is 4. The molecule has 3 heterocycles. The number of piperazine rings is 1. The van der Waals surface area contributed by atoms with Crippen LogP contribution < -0.4 is 20.1 Å². The van der Waals surface area contributed by atoms with E-state index in [1.165, 1.54) is 0 Å². The zero-order valence-electron chi connectivity index (χ0n) is 20.0. The molecule has 1 saturated heterocycles. The first-order valence-electron chi connectivity index (χ1n) is 11.5. The maximum atomic E-state index is 13.0. The Balaban J connectivity index is 1.43. The van der Waals surface area contributed by atoms with Crippen LogP contribution in [0.3, 0.4) is 0 Å². The highest BCUT2D eigenvalue weighted by molar-refractivity contribution is 7.81. The zero-order valence-corrected chi connectivity index (χ0v) is 20.8. The van der Waals surface area contributed by atoms with Gasteiger partial charge in [-0.25, -0.2) is 9.97 Å². The second kappa shape index (κ2) is 9.86. The molecule has 0 unspecified atom stereocenters. The molecule has 184 valence electrons. The lowest BCUT2D eigenvalue weighted by Gasteiger charge is -2.36. The Morgan fingerprint density at radius 3 is 2.56 bits per heavy atom. The van der Waals surface area contributed by atoms with Gasteiger partial charge in [-0.05, 0) is 24.3 Å². The standard InChI is InChI=1S/C25H25N7O3S/c1-34-18-8-7-15(13-19(18)35-2)17-14-27-22-21(28-17)23(30-25(26)29-22)31-9-11-32(12-10-31)24(33)16-5-3-4-6-20(16)36/h3-5,7-8,13-14H,6,9-12H2,1-2H3,(H2,26,27,29,30). The van der Waals surface area contributed by atoms with Crippen LogP contribution in [0, 0.1) is 0 Å². The highest BCUT2D eigenvalue weighted by Gasteiger charge is 2.27. The maximum absolute atomic E-state index is 13.0.